The molecule has 2 rings (SSSR count). The summed E-state index contributed by atoms with van der Waals surface area (Å²) in [5, 5.41) is 11.0. The van der Waals surface area contributed by atoms with Gasteiger partial charge in [-0.1, -0.05) is 12.1 Å². The number of carbonyl (C=O) groups excluding carboxylic acids is 1. The molecule has 0 saturated heterocycles. The van der Waals surface area contributed by atoms with Gasteiger partial charge in [0, 0.05) is 31.3 Å². The first-order chi connectivity index (χ1) is 12.8. The number of methoxy groups -OCH3 is 3. The fourth-order valence-electron chi connectivity index (χ4n) is 2.68. The van der Waals surface area contributed by atoms with Crippen LogP contribution in [0.3, 0.4) is 0 Å². The van der Waals surface area contributed by atoms with Crippen molar-refractivity contribution in [2.45, 2.75) is 13.0 Å². The predicted molar refractivity (Wildman–Crippen MR) is 99.7 cm³/mol. The third-order valence-corrected chi connectivity index (χ3v) is 4.40. The molecule has 144 valence electrons. The lowest BCUT2D eigenvalue weighted by Crippen LogP contribution is -2.30. The summed E-state index contributed by atoms with van der Waals surface area (Å²) in [6, 6.07) is 8.95. The van der Waals surface area contributed by atoms with Crippen LogP contribution in [-0.4, -0.2) is 44.1 Å². The maximum atomic E-state index is 13.0. The van der Waals surface area contributed by atoms with Crippen LogP contribution < -0.4 is 14.2 Å². The van der Waals surface area contributed by atoms with Crippen LogP contribution in [0.25, 0.3) is 0 Å². The zero-order chi connectivity index (χ0) is 20.1. The molecule has 27 heavy (non-hydrogen) atoms. The minimum Gasteiger partial charge on any atom is -0.496 e. The van der Waals surface area contributed by atoms with Crippen molar-refractivity contribution in [2.75, 3.05) is 28.4 Å². The third-order valence-electron chi connectivity index (χ3n) is 4.40. The van der Waals surface area contributed by atoms with Gasteiger partial charge in [0.1, 0.15) is 5.75 Å². The first kappa shape index (κ1) is 20.0. The number of ether oxygens (including phenoxy) is 3. The molecule has 0 aliphatic rings. The molecule has 1 amide bonds. The van der Waals surface area contributed by atoms with E-state index in [-0.39, 0.29) is 11.6 Å². The van der Waals surface area contributed by atoms with E-state index < -0.39 is 11.0 Å². The van der Waals surface area contributed by atoms with Gasteiger partial charge in [-0.05, 0) is 12.5 Å². The van der Waals surface area contributed by atoms with E-state index in [0.717, 1.165) is 0 Å². The average Bonchev–Trinajstić information content (AvgIpc) is 2.70. The molecule has 0 aliphatic carbocycles. The molecule has 0 fully saturated rings. The summed E-state index contributed by atoms with van der Waals surface area (Å²) in [6.45, 7) is 1.80. The van der Waals surface area contributed by atoms with Gasteiger partial charge >= 0.3 is 0 Å². The van der Waals surface area contributed by atoms with E-state index >= 15 is 0 Å². The summed E-state index contributed by atoms with van der Waals surface area (Å²) in [5.74, 6) is 0.876. The van der Waals surface area contributed by atoms with E-state index in [1.54, 1.807) is 38.2 Å². The minimum absolute atomic E-state index is 0.0242. The molecule has 0 aromatic heterocycles. The second kappa shape index (κ2) is 8.39. The summed E-state index contributed by atoms with van der Waals surface area (Å²) < 4.78 is 15.8. The molecule has 1 unspecified atom stereocenters. The number of amides is 1. The summed E-state index contributed by atoms with van der Waals surface area (Å²) in [4.78, 5) is 25.1. The second-order valence-corrected chi connectivity index (χ2v) is 5.85. The summed E-state index contributed by atoms with van der Waals surface area (Å²) in [7, 11) is 6.06. The normalized spacial score (nSPS) is 11.4. The molecule has 0 radical (unpaired) electrons. The highest BCUT2D eigenvalue weighted by molar-refractivity contribution is 5.98. The Bertz CT molecular complexity index is 852. The number of carbonyl (C=O) groups is 1. The highest BCUT2D eigenvalue weighted by atomic mass is 16.6. The van der Waals surface area contributed by atoms with Crippen molar-refractivity contribution in [3.05, 3.63) is 57.6 Å². The van der Waals surface area contributed by atoms with Crippen LogP contribution in [0.4, 0.5) is 5.69 Å². The zero-order valence-corrected chi connectivity index (χ0v) is 15.9. The fraction of sp³-hybridized carbons (Fsp3) is 0.316. The number of benzene rings is 2. The number of nitrogens with zero attached hydrogens (tertiary/aromatic N) is 2. The Morgan fingerprint density at radius 2 is 1.63 bits per heavy atom. The minimum atomic E-state index is -0.463. The smallest absolute Gasteiger partial charge is 0.269 e. The van der Waals surface area contributed by atoms with Gasteiger partial charge in [-0.25, -0.2) is 0 Å². The van der Waals surface area contributed by atoms with Crippen molar-refractivity contribution in [1.82, 2.24) is 4.90 Å². The van der Waals surface area contributed by atoms with Crippen LogP contribution in [-0.2, 0) is 0 Å². The van der Waals surface area contributed by atoms with Gasteiger partial charge in [-0.15, -0.1) is 0 Å². The van der Waals surface area contributed by atoms with E-state index in [0.29, 0.717) is 28.4 Å². The highest BCUT2D eigenvalue weighted by Gasteiger charge is 2.25. The first-order valence-corrected chi connectivity index (χ1v) is 8.15. The molecular weight excluding hydrogens is 352 g/mol. The molecular formula is C19H22N2O6. The van der Waals surface area contributed by atoms with Gasteiger partial charge in [0.05, 0.1) is 37.9 Å². The molecule has 8 heteroatoms. The molecule has 0 N–H and O–H groups in total. The lowest BCUT2D eigenvalue weighted by molar-refractivity contribution is -0.384. The molecule has 0 spiro atoms. The predicted octanol–water partition coefficient (Wildman–Crippen LogP) is 3.45. The van der Waals surface area contributed by atoms with E-state index in [1.165, 1.54) is 38.4 Å². The lowest BCUT2D eigenvalue weighted by atomic mass is 10.0. The van der Waals surface area contributed by atoms with Crippen LogP contribution >= 0.6 is 0 Å². The van der Waals surface area contributed by atoms with E-state index in [1.807, 2.05) is 0 Å². The van der Waals surface area contributed by atoms with Gasteiger partial charge in [-0.3, -0.25) is 14.9 Å². The molecule has 1 atom stereocenters. The molecule has 0 saturated carbocycles. The largest absolute Gasteiger partial charge is 0.496 e. The molecule has 0 heterocycles. The van der Waals surface area contributed by atoms with Crippen molar-refractivity contribution >= 4 is 11.6 Å². The Labute approximate surface area is 157 Å². The van der Waals surface area contributed by atoms with Crippen LogP contribution in [0.1, 0.15) is 28.9 Å². The second-order valence-electron chi connectivity index (χ2n) is 5.85. The molecule has 0 aliphatic heterocycles. The number of rotatable bonds is 7. The zero-order valence-electron chi connectivity index (χ0n) is 15.9. The van der Waals surface area contributed by atoms with E-state index in [4.69, 9.17) is 14.2 Å². The number of nitro benzene ring substituents is 1. The van der Waals surface area contributed by atoms with Gasteiger partial charge in [0.25, 0.3) is 11.6 Å². The summed E-state index contributed by atoms with van der Waals surface area (Å²) in [5.41, 5.74) is 0.929. The maximum absolute atomic E-state index is 13.0. The topological polar surface area (TPSA) is 91.1 Å². The van der Waals surface area contributed by atoms with Gasteiger partial charge in [0.15, 0.2) is 11.5 Å². The first-order valence-electron chi connectivity index (χ1n) is 8.15. The SMILES string of the molecule is COc1cc(OC)c(C(=O)N(C)C(C)c2cccc([N+](=O)[O-])c2)cc1OC. The van der Waals surface area contributed by atoms with Crippen LogP contribution in [0.15, 0.2) is 36.4 Å². The third kappa shape index (κ3) is 4.11. The van der Waals surface area contributed by atoms with E-state index in [2.05, 4.69) is 0 Å². The summed E-state index contributed by atoms with van der Waals surface area (Å²) in [6.07, 6.45) is 0. The Hall–Kier alpha value is -3.29. The van der Waals surface area contributed by atoms with Crippen LogP contribution in [0, 0.1) is 10.1 Å². The number of hydrogen-bond acceptors (Lipinski definition) is 6. The molecule has 8 nitrogen and oxygen atoms in total. The van der Waals surface area contributed by atoms with Crippen molar-refractivity contribution in [1.29, 1.82) is 0 Å². The maximum Gasteiger partial charge on any atom is 0.269 e. The lowest BCUT2D eigenvalue weighted by Gasteiger charge is -2.26. The Kier molecular flexibility index (Phi) is 6.23. The monoisotopic (exact) mass is 374 g/mol. The van der Waals surface area contributed by atoms with Crippen LogP contribution in [0.2, 0.25) is 0 Å². The standard InChI is InChI=1S/C19H22N2O6/c1-12(13-7-6-8-14(9-13)21(23)24)20(2)19(22)15-10-17(26-4)18(27-5)11-16(15)25-3/h6-12H,1-5H3. The molecule has 2 aromatic rings. The Morgan fingerprint density at radius 1 is 1.04 bits per heavy atom. The van der Waals surface area contributed by atoms with Crippen LogP contribution in [0.5, 0.6) is 17.2 Å². The van der Waals surface area contributed by atoms with Crippen molar-refractivity contribution in [2.24, 2.45) is 0 Å². The molecule has 0 bridgehead atoms. The van der Waals surface area contributed by atoms with Crippen molar-refractivity contribution in [3.63, 3.8) is 0 Å². The van der Waals surface area contributed by atoms with Crippen molar-refractivity contribution < 1.29 is 23.9 Å². The Balaban J connectivity index is 2.39. The van der Waals surface area contributed by atoms with Crippen molar-refractivity contribution in [3.8, 4) is 17.2 Å². The Morgan fingerprint density at radius 3 is 2.19 bits per heavy atom. The highest BCUT2D eigenvalue weighted by Crippen LogP contribution is 2.36. The number of hydrogen-bond donors (Lipinski definition) is 0. The van der Waals surface area contributed by atoms with Gasteiger partial charge in [0.2, 0.25) is 0 Å². The quantitative estimate of drug-likeness (QED) is 0.544. The average molecular weight is 374 g/mol. The fourth-order valence-corrected chi connectivity index (χ4v) is 2.68. The van der Waals surface area contributed by atoms with E-state index in [9.17, 15) is 14.9 Å². The number of nitro groups is 1. The molecule has 2 aromatic carbocycles. The summed E-state index contributed by atoms with van der Waals surface area (Å²) >= 11 is 0. The number of non-ortho nitro benzene ring substituents is 1. The van der Waals surface area contributed by atoms with Gasteiger partial charge in [-0.2, -0.15) is 0 Å². The van der Waals surface area contributed by atoms with Gasteiger partial charge < -0.3 is 19.1 Å².